The maximum absolute atomic E-state index is 13.4. The summed E-state index contributed by atoms with van der Waals surface area (Å²) in [5.74, 6) is -1.31. The van der Waals surface area contributed by atoms with Crippen molar-refractivity contribution in [2.24, 2.45) is 0 Å². The first-order chi connectivity index (χ1) is 38.7. The predicted molar refractivity (Wildman–Crippen MR) is 328 cm³/mol. The first-order valence-corrected chi connectivity index (χ1v) is 31.0. The number of allylic oxidation sites excluding steroid dienone is 21. The fraction of sp³-hybridized carbons (Fsp3) is 0.647. The van der Waals surface area contributed by atoms with Crippen molar-refractivity contribution in [2.75, 3.05) is 13.2 Å². The number of esters is 1. The van der Waals surface area contributed by atoms with E-state index in [1.165, 1.54) is 70.6 Å². The Morgan fingerprint density at radius 3 is 1.39 bits per heavy atom. The summed E-state index contributed by atoms with van der Waals surface area (Å²) in [6.45, 7) is 5.57. The lowest BCUT2D eigenvalue weighted by Gasteiger charge is -2.41. The zero-order valence-electron chi connectivity index (χ0n) is 49.4. The molecule has 8 unspecified atom stereocenters. The van der Waals surface area contributed by atoms with Crippen LogP contribution in [0.25, 0.3) is 0 Å². The number of hydrogen-bond acceptors (Lipinski definition) is 10. The number of carbonyl (C=O) groups is 2. The van der Waals surface area contributed by atoms with Gasteiger partial charge in [-0.3, -0.25) is 9.59 Å². The first-order valence-electron chi connectivity index (χ1n) is 31.0. The molecule has 1 amide bonds. The third-order valence-corrected chi connectivity index (χ3v) is 13.5. The minimum atomic E-state index is -1.65. The number of nitrogens with one attached hydrogen (secondary N) is 1. The normalized spacial score (nSPS) is 19.8. The highest BCUT2D eigenvalue weighted by Gasteiger charge is 2.47. The van der Waals surface area contributed by atoms with E-state index in [1.54, 1.807) is 6.08 Å². The van der Waals surface area contributed by atoms with Gasteiger partial charge in [0.2, 0.25) is 5.91 Å². The van der Waals surface area contributed by atoms with Gasteiger partial charge in [-0.2, -0.15) is 0 Å². The molecule has 8 atom stereocenters. The number of ether oxygens (including phenoxy) is 3. The third kappa shape index (κ3) is 42.3. The summed E-state index contributed by atoms with van der Waals surface area (Å²) in [5.41, 5.74) is 0. The summed E-state index contributed by atoms with van der Waals surface area (Å²) in [7, 11) is 0. The van der Waals surface area contributed by atoms with Crippen molar-refractivity contribution < 1.29 is 49.3 Å². The lowest BCUT2D eigenvalue weighted by molar-refractivity contribution is -0.305. The maximum Gasteiger partial charge on any atom is 0.306 e. The van der Waals surface area contributed by atoms with Gasteiger partial charge < -0.3 is 45.1 Å². The van der Waals surface area contributed by atoms with E-state index in [-0.39, 0.29) is 19.4 Å². The molecule has 0 aromatic heterocycles. The van der Waals surface area contributed by atoms with E-state index in [1.807, 2.05) is 24.3 Å². The molecular weight excluding hydrogens is 991 g/mol. The number of aliphatic hydroxyl groups is 5. The zero-order valence-corrected chi connectivity index (χ0v) is 49.4. The standard InChI is InChI=1S/C68H111NO10/c1-4-7-10-13-16-19-22-25-27-29-30-31-33-34-37-40-43-46-49-52-55-61(72)67(76)69-59(60(71)54-51-48-45-42-39-36-24-21-18-15-12-9-6-3)58-77-68-66(65(75)64(74)62(57-70)78-68)79-63(73)56-53-50-47-44-41-38-35-32-28-26-23-20-17-14-11-8-5-2/h7,10,16-17,19-20,25-28,30-31,34-35,37-38,43-44,46-47,51,54,59-62,64-66,68,70-72,74-75H,4-6,8-9,11-15,18,21-24,29,32-33,36,39-42,45,48-50,52-53,55-58H2,1-3H3,(H,69,76)/b10-7-,19-16-,20-17-,27-25-,28-26-,31-30-,37-34-,38-35-,46-43-,47-44-,54-51+. The Morgan fingerprint density at radius 2 is 0.911 bits per heavy atom. The van der Waals surface area contributed by atoms with E-state index in [2.05, 4.69) is 129 Å². The van der Waals surface area contributed by atoms with Crippen molar-refractivity contribution >= 4 is 11.9 Å². The molecule has 79 heavy (non-hydrogen) atoms. The Kier molecular flexibility index (Phi) is 50.1. The minimum absolute atomic E-state index is 0.0345. The second-order valence-electron chi connectivity index (χ2n) is 20.7. The van der Waals surface area contributed by atoms with Gasteiger partial charge in [-0.25, -0.2) is 0 Å². The van der Waals surface area contributed by atoms with Gasteiger partial charge in [-0.15, -0.1) is 0 Å². The van der Waals surface area contributed by atoms with Crippen LogP contribution in [0, 0.1) is 0 Å². The zero-order chi connectivity index (χ0) is 57.5. The molecule has 1 saturated heterocycles. The van der Waals surface area contributed by atoms with Gasteiger partial charge in [0, 0.05) is 6.42 Å². The molecule has 0 spiro atoms. The van der Waals surface area contributed by atoms with Gasteiger partial charge in [0.1, 0.15) is 24.4 Å². The number of unbranched alkanes of at least 4 members (excludes halogenated alkanes) is 16. The van der Waals surface area contributed by atoms with Crippen molar-refractivity contribution in [3.8, 4) is 0 Å². The Balaban J connectivity index is 2.78. The maximum atomic E-state index is 13.4. The van der Waals surface area contributed by atoms with Crippen LogP contribution in [0.4, 0.5) is 0 Å². The molecule has 0 saturated carbocycles. The molecule has 1 heterocycles. The minimum Gasteiger partial charge on any atom is -0.454 e. The van der Waals surface area contributed by atoms with Crippen LogP contribution in [0.15, 0.2) is 134 Å². The van der Waals surface area contributed by atoms with Gasteiger partial charge >= 0.3 is 5.97 Å². The van der Waals surface area contributed by atoms with E-state index < -0.39 is 67.4 Å². The van der Waals surface area contributed by atoms with E-state index >= 15 is 0 Å². The molecule has 0 bridgehead atoms. The SMILES string of the molecule is CC/C=C\C/C=C\C/C=C\C/C=C\C/C=C\C/C=C\CCCC(O)C(=O)NC(COC1OC(CO)C(O)C(O)C1OC(=O)CCC/C=C\C/C=C\C/C=C\C/C=C\CCCCC)C(O)/C=C/CCCCCCCCCCCCC. The van der Waals surface area contributed by atoms with Crippen molar-refractivity contribution in [1.82, 2.24) is 5.32 Å². The second-order valence-corrected chi connectivity index (χ2v) is 20.7. The first kappa shape index (κ1) is 72.8. The number of carbonyl (C=O) groups excluding carboxylic acids is 2. The van der Waals surface area contributed by atoms with Crippen molar-refractivity contribution in [1.29, 1.82) is 0 Å². The Labute approximate surface area is 480 Å². The number of rotatable bonds is 50. The highest BCUT2D eigenvalue weighted by Crippen LogP contribution is 2.26. The average Bonchev–Trinajstić information content (AvgIpc) is 3.49. The van der Waals surface area contributed by atoms with E-state index in [0.717, 1.165) is 89.9 Å². The molecule has 1 aliphatic rings. The van der Waals surface area contributed by atoms with Gasteiger partial charge in [-0.05, 0) is 116 Å². The topological polar surface area (TPSA) is 175 Å². The van der Waals surface area contributed by atoms with Gasteiger partial charge in [0.25, 0.3) is 0 Å². The quantitative estimate of drug-likeness (QED) is 0.0195. The lowest BCUT2D eigenvalue weighted by Crippen LogP contribution is -2.61. The monoisotopic (exact) mass is 1100 g/mol. The summed E-state index contributed by atoms with van der Waals surface area (Å²) < 4.78 is 17.5. The fourth-order valence-electron chi connectivity index (χ4n) is 8.65. The number of amides is 1. The van der Waals surface area contributed by atoms with E-state index in [0.29, 0.717) is 25.7 Å². The van der Waals surface area contributed by atoms with Gasteiger partial charge in [0.05, 0.1) is 25.4 Å². The highest BCUT2D eigenvalue weighted by molar-refractivity contribution is 5.80. The molecule has 0 aromatic rings. The predicted octanol–water partition coefficient (Wildman–Crippen LogP) is 14.8. The summed E-state index contributed by atoms with van der Waals surface area (Å²) in [5, 5.41) is 56.9. The van der Waals surface area contributed by atoms with Gasteiger partial charge in [-0.1, -0.05) is 231 Å². The number of hydrogen-bond donors (Lipinski definition) is 6. The van der Waals surface area contributed by atoms with Crippen LogP contribution < -0.4 is 5.32 Å². The van der Waals surface area contributed by atoms with Crippen LogP contribution in [0.2, 0.25) is 0 Å². The molecule has 11 heteroatoms. The Morgan fingerprint density at radius 1 is 0.506 bits per heavy atom. The average molecular weight is 1100 g/mol. The van der Waals surface area contributed by atoms with Crippen LogP contribution in [0.1, 0.15) is 220 Å². The second kappa shape index (κ2) is 54.4. The largest absolute Gasteiger partial charge is 0.454 e. The smallest absolute Gasteiger partial charge is 0.306 e. The molecule has 0 aliphatic carbocycles. The summed E-state index contributed by atoms with van der Waals surface area (Å²) in [6.07, 6.45) is 66.3. The number of aliphatic hydroxyl groups excluding tert-OH is 5. The molecule has 11 nitrogen and oxygen atoms in total. The molecular formula is C68H111NO10. The van der Waals surface area contributed by atoms with Crippen LogP contribution >= 0.6 is 0 Å². The molecule has 1 aliphatic heterocycles. The summed E-state index contributed by atoms with van der Waals surface area (Å²) in [4.78, 5) is 26.5. The van der Waals surface area contributed by atoms with Crippen LogP contribution in [0.3, 0.4) is 0 Å². The molecule has 1 rings (SSSR count). The van der Waals surface area contributed by atoms with Crippen molar-refractivity contribution in [3.63, 3.8) is 0 Å². The molecule has 0 radical (unpaired) electrons. The third-order valence-electron chi connectivity index (χ3n) is 13.5. The summed E-state index contributed by atoms with van der Waals surface area (Å²) >= 11 is 0. The molecule has 0 aromatic carbocycles. The Bertz CT molecular complexity index is 1790. The fourth-order valence-corrected chi connectivity index (χ4v) is 8.65. The molecule has 1 fully saturated rings. The van der Waals surface area contributed by atoms with Crippen LogP contribution in [-0.2, 0) is 23.8 Å². The van der Waals surface area contributed by atoms with Gasteiger partial charge in [0.15, 0.2) is 12.4 Å². The van der Waals surface area contributed by atoms with Crippen LogP contribution in [0.5, 0.6) is 0 Å². The highest BCUT2D eigenvalue weighted by atomic mass is 16.7. The van der Waals surface area contributed by atoms with Crippen molar-refractivity contribution in [2.45, 2.75) is 269 Å². The summed E-state index contributed by atoms with van der Waals surface area (Å²) in [6, 6.07) is -1.07. The lowest BCUT2D eigenvalue weighted by atomic mass is 9.99. The van der Waals surface area contributed by atoms with Crippen molar-refractivity contribution in [3.05, 3.63) is 134 Å². The molecule has 448 valence electrons. The van der Waals surface area contributed by atoms with E-state index in [9.17, 15) is 35.1 Å². The Hall–Kier alpha value is -4.20. The van der Waals surface area contributed by atoms with Crippen LogP contribution in [-0.4, -0.2) is 99.6 Å². The van der Waals surface area contributed by atoms with E-state index in [4.69, 9.17) is 14.2 Å². The molecule has 6 N–H and O–H groups in total.